The summed E-state index contributed by atoms with van der Waals surface area (Å²) in [5.41, 5.74) is 0.583. The molecule has 1 N–H and O–H groups in total. The van der Waals surface area contributed by atoms with E-state index in [-0.39, 0.29) is 18.0 Å². The van der Waals surface area contributed by atoms with E-state index < -0.39 is 0 Å². The van der Waals surface area contributed by atoms with E-state index in [1.807, 2.05) is 17.5 Å². The molecule has 2 aromatic rings. The van der Waals surface area contributed by atoms with Gasteiger partial charge in [0.1, 0.15) is 5.82 Å². The predicted molar refractivity (Wildman–Crippen MR) is 89.1 cm³/mol. The third-order valence-electron chi connectivity index (χ3n) is 3.76. The van der Waals surface area contributed by atoms with Gasteiger partial charge < -0.3 is 15.0 Å². The van der Waals surface area contributed by atoms with Crippen molar-refractivity contribution in [1.29, 1.82) is 0 Å². The molecule has 122 valence electrons. The lowest BCUT2D eigenvalue weighted by molar-refractivity contribution is 0.0821. The van der Waals surface area contributed by atoms with E-state index in [0.29, 0.717) is 18.8 Å². The highest BCUT2D eigenvalue weighted by atomic mass is 32.1. The van der Waals surface area contributed by atoms with Crippen LogP contribution in [0, 0.1) is 5.82 Å². The molecule has 4 nitrogen and oxygen atoms in total. The molecule has 0 radical (unpaired) electrons. The first-order valence-corrected chi connectivity index (χ1v) is 8.54. The zero-order valence-corrected chi connectivity index (χ0v) is 13.5. The van der Waals surface area contributed by atoms with E-state index >= 15 is 0 Å². The number of nitrogens with one attached hydrogen (secondary N) is 1. The Kier molecular flexibility index (Phi) is 5.25. The molecular formula is C17H19FN2O2S. The van der Waals surface area contributed by atoms with E-state index in [1.54, 1.807) is 28.4 Å². The maximum atomic E-state index is 13.0. The van der Waals surface area contributed by atoms with Crippen molar-refractivity contribution in [3.63, 3.8) is 0 Å². The standard InChI is InChI=1S/C17H19FN2O2S/c18-13-5-7-14(8-6-13)19-17(21)20(11-15-3-1-9-22-15)12-16-4-2-10-23-16/h2,4-8,10,15H,1,3,9,11-12H2,(H,19,21). The van der Waals surface area contributed by atoms with Gasteiger partial charge in [-0.05, 0) is 48.6 Å². The van der Waals surface area contributed by atoms with Crippen LogP contribution in [0.4, 0.5) is 14.9 Å². The molecule has 23 heavy (non-hydrogen) atoms. The summed E-state index contributed by atoms with van der Waals surface area (Å²) in [6, 6.07) is 9.57. The van der Waals surface area contributed by atoms with E-state index in [2.05, 4.69) is 5.32 Å². The van der Waals surface area contributed by atoms with Crippen LogP contribution in [-0.4, -0.2) is 30.2 Å². The number of hydrogen-bond donors (Lipinski definition) is 1. The van der Waals surface area contributed by atoms with Crippen LogP contribution in [0.5, 0.6) is 0 Å². The van der Waals surface area contributed by atoms with Crippen molar-refractivity contribution in [3.8, 4) is 0 Å². The highest BCUT2D eigenvalue weighted by Crippen LogP contribution is 2.18. The number of carbonyl (C=O) groups is 1. The second-order valence-electron chi connectivity index (χ2n) is 5.53. The van der Waals surface area contributed by atoms with Crippen molar-refractivity contribution in [1.82, 2.24) is 4.90 Å². The van der Waals surface area contributed by atoms with Crippen molar-refractivity contribution in [2.75, 3.05) is 18.5 Å². The second-order valence-corrected chi connectivity index (χ2v) is 6.56. The Morgan fingerprint density at radius 2 is 2.17 bits per heavy atom. The fraction of sp³-hybridized carbons (Fsp3) is 0.353. The molecule has 0 spiro atoms. The first-order valence-electron chi connectivity index (χ1n) is 7.66. The number of amides is 2. The quantitative estimate of drug-likeness (QED) is 0.894. The largest absolute Gasteiger partial charge is 0.376 e. The molecule has 0 bridgehead atoms. The second kappa shape index (κ2) is 7.57. The first-order chi connectivity index (χ1) is 11.2. The molecule has 1 fully saturated rings. The molecule has 6 heteroatoms. The Morgan fingerprint density at radius 3 is 2.83 bits per heavy atom. The highest BCUT2D eigenvalue weighted by molar-refractivity contribution is 7.09. The Labute approximate surface area is 138 Å². The van der Waals surface area contributed by atoms with E-state index in [9.17, 15) is 9.18 Å². The first kappa shape index (κ1) is 16.0. The molecular weight excluding hydrogens is 315 g/mol. The van der Waals surface area contributed by atoms with Gasteiger partial charge in [-0.15, -0.1) is 11.3 Å². The Hall–Kier alpha value is -1.92. The van der Waals surface area contributed by atoms with Crippen molar-refractivity contribution >= 4 is 23.1 Å². The Morgan fingerprint density at radius 1 is 1.35 bits per heavy atom. The van der Waals surface area contributed by atoms with Gasteiger partial charge in [-0.25, -0.2) is 9.18 Å². The number of nitrogens with zero attached hydrogens (tertiary/aromatic N) is 1. The number of benzene rings is 1. The van der Waals surface area contributed by atoms with Crippen LogP contribution in [0.15, 0.2) is 41.8 Å². The van der Waals surface area contributed by atoms with Gasteiger partial charge in [-0.2, -0.15) is 0 Å². The monoisotopic (exact) mass is 334 g/mol. The molecule has 1 atom stereocenters. The van der Waals surface area contributed by atoms with Crippen molar-refractivity contribution in [3.05, 3.63) is 52.5 Å². The molecule has 0 saturated carbocycles. The molecule has 1 aliphatic heterocycles. The number of anilines is 1. The minimum Gasteiger partial charge on any atom is -0.376 e. The summed E-state index contributed by atoms with van der Waals surface area (Å²) in [6.45, 7) is 1.87. The number of ether oxygens (including phenoxy) is 1. The van der Waals surface area contributed by atoms with Gasteiger partial charge in [0.2, 0.25) is 0 Å². The number of thiophene rings is 1. The average molecular weight is 334 g/mol. The third kappa shape index (κ3) is 4.53. The lowest BCUT2D eigenvalue weighted by Crippen LogP contribution is -2.39. The van der Waals surface area contributed by atoms with Crippen LogP contribution < -0.4 is 5.32 Å². The fourth-order valence-electron chi connectivity index (χ4n) is 2.58. The van der Waals surface area contributed by atoms with Crippen LogP contribution in [-0.2, 0) is 11.3 Å². The van der Waals surface area contributed by atoms with Crippen LogP contribution in [0.3, 0.4) is 0 Å². The molecule has 3 rings (SSSR count). The molecule has 1 aliphatic rings. The van der Waals surface area contributed by atoms with Gasteiger partial charge in [0, 0.05) is 23.7 Å². The number of halogens is 1. The molecule has 1 aromatic carbocycles. The van der Waals surface area contributed by atoms with Crippen LogP contribution in [0.1, 0.15) is 17.7 Å². The van der Waals surface area contributed by atoms with Crippen LogP contribution in [0.2, 0.25) is 0 Å². The topological polar surface area (TPSA) is 41.6 Å². The maximum Gasteiger partial charge on any atom is 0.322 e. The third-order valence-corrected chi connectivity index (χ3v) is 4.62. The maximum absolute atomic E-state index is 13.0. The SMILES string of the molecule is O=C(Nc1ccc(F)cc1)N(Cc1cccs1)CC1CCCO1. The average Bonchev–Trinajstić information content (AvgIpc) is 3.22. The minimum atomic E-state index is -0.321. The highest BCUT2D eigenvalue weighted by Gasteiger charge is 2.23. The molecule has 1 unspecified atom stereocenters. The van der Waals surface area contributed by atoms with Gasteiger partial charge >= 0.3 is 6.03 Å². The molecule has 2 heterocycles. The summed E-state index contributed by atoms with van der Waals surface area (Å²) in [6.07, 6.45) is 2.11. The van der Waals surface area contributed by atoms with Gasteiger partial charge in [0.05, 0.1) is 12.6 Å². The summed E-state index contributed by atoms with van der Waals surface area (Å²) < 4.78 is 18.6. The lowest BCUT2D eigenvalue weighted by Gasteiger charge is -2.25. The summed E-state index contributed by atoms with van der Waals surface area (Å²) in [7, 11) is 0. The summed E-state index contributed by atoms with van der Waals surface area (Å²) in [5.74, 6) is -0.321. The molecule has 1 aromatic heterocycles. The summed E-state index contributed by atoms with van der Waals surface area (Å²) in [5, 5.41) is 4.82. The Bertz CT molecular complexity index is 625. The van der Waals surface area contributed by atoms with Crippen LogP contribution in [0.25, 0.3) is 0 Å². The predicted octanol–water partition coefficient (Wildman–Crippen LogP) is 4.10. The number of rotatable bonds is 5. The summed E-state index contributed by atoms with van der Waals surface area (Å²) in [4.78, 5) is 15.5. The van der Waals surface area contributed by atoms with Gasteiger partial charge in [-0.3, -0.25) is 0 Å². The molecule has 2 amide bonds. The van der Waals surface area contributed by atoms with Crippen molar-refractivity contribution in [2.24, 2.45) is 0 Å². The Balaban J connectivity index is 1.67. The van der Waals surface area contributed by atoms with E-state index in [0.717, 1.165) is 24.3 Å². The van der Waals surface area contributed by atoms with E-state index in [4.69, 9.17) is 4.74 Å². The lowest BCUT2D eigenvalue weighted by atomic mass is 10.2. The van der Waals surface area contributed by atoms with Gasteiger partial charge in [0.15, 0.2) is 0 Å². The van der Waals surface area contributed by atoms with Crippen LogP contribution >= 0.6 is 11.3 Å². The smallest absolute Gasteiger partial charge is 0.322 e. The van der Waals surface area contributed by atoms with Gasteiger partial charge in [-0.1, -0.05) is 6.07 Å². The molecule has 1 saturated heterocycles. The van der Waals surface area contributed by atoms with Crippen molar-refractivity contribution < 1.29 is 13.9 Å². The molecule has 0 aliphatic carbocycles. The normalized spacial score (nSPS) is 17.2. The number of urea groups is 1. The minimum absolute atomic E-state index is 0.0916. The van der Waals surface area contributed by atoms with E-state index in [1.165, 1.54) is 12.1 Å². The summed E-state index contributed by atoms with van der Waals surface area (Å²) >= 11 is 1.62. The van der Waals surface area contributed by atoms with Gasteiger partial charge in [0.25, 0.3) is 0 Å². The number of hydrogen-bond acceptors (Lipinski definition) is 3. The number of carbonyl (C=O) groups excluding carboxylic acids is 1. The zero-order valence-electron chi connectivity index (χ0n) is 12.7. The fourth-order valence-corrected chi connectivity index (χ4v) is 3.30. The zero-order chi connectivity index (χ0) is 16.1. The van der Waals surface area contributed by atoms with Crippen molar-refractivity contribution in [2.45, 2.75) is 25.5 Å².